The highest BCUT2D eigenvalue weighted by molar-refractivity contribution is 5.73. The Morgan fingerprint density at radius 2 is 1.74 bits per heavy atom. The second-order valence-corrected chi connectivity index (χ2v) is 5.03. The number of carbonyl (C=O) groups excluding carboxylic acids is 1. The fourth-order valence-electron chi connectivity index (χ4n) is 2.60. The molecule has 0 aromatic heterocycles. The predicted molar refractivity (Wildman–Crippen MR) is 61.4 cm³/mol. The lowest BCUT2D eigenvalue weighted by Gasteiger charge is -2.36. The van der Waals surface area contributed by atoms with E-state index in [2.05, 4.69) is 0 Å². The van der Waals surface area contributed by atoms with Crippen LogP contribution in [-0.2, 0) is 9.59 Å². The van der Waals surface area contributed by atoms with E-state index in [-0.39, 0.29) is 12.3 Å². The van der Waals surface area contributed by atoms with Gasteiger partial charge in [0.05, 0.1) is 0 Å². The quantitative estimate of drug-likeness (QED) is 0.861. The molecular formula is C12H18F3NO3. The second-order valence-electron chi connectivity index (χ2n) is 5.03. The summed E-state index contributed by atoms with van der Waals surface area (Å²) >= 11 is 0. The van der Waals surface area contributed by atoms with E-state index >= 15 is 0 Å². The molecule has 0 radical (unpaired) electrons. The van der Waals surface area contributed by atoms with Gasteiger partial charge in [0.15, 0.2) is 0 Å². The normalized spacial score (nSPS) is 24.0. The Labute approximate surface area is 109 Å². The van der Waals surface area contributed by atoms with Gasteiger partial charge in [-0.05, 0) is 31.6 Å². The Hall–Kier alpha value is -1.27. The number of amides is 1. The summed E-state index contributed by atoms with van der Waals surface area (Å²) in [5, 5.41) is 8.67. The van der Waals surface area contributed by atoms with Gasteiger partial charge in [-0.1, -0.05) is 0 Å². The van der Waals surface area contributed by atoms with Crippen LogP contribution in [0.3, 0.4) is 0 Å². The number of aliphatic carboxylic acids is 1. The van der Waals surface area contributed by atoms with Gasteiger partial charge in [0.2, 0.25) is 5.91 Å². The first-order valence-electron chi connectivity index (χ1n) is 6.25. The predicted octanol–water partition coefficient (Wildman–Crippen LogP) is 2.43. The number of alkyl halides is 3. The average molecular weight is 281 g/mol. The number of rotatable bonds is 4. The average Bonchev–Trinajstić information content (AvgIpc) is 2.25. The van der Waals surface area contributed by atoms with Gasteiger partial charge in [0, 0.05) is 19.4 Å². The summed E-state index contributed by atoms with van der Waals surface area (Å²) in [7, 11) is 0. The number of hydrogen-bond acceptors (Lipinski definition) is 2. The summed E-state index contributed by atoms with van der Waals surface area (Å²) in [6, 6.07) is -0.427. The lowest BCUT2D eigenvalue weighted by molar-refractivity contribution is -0.166. The largest absolute Gasteiger partial charge is 0.481 e. The molecular weight excluding hydrogens is 263 g/mol. The maximum Gasteiger partial charge on any atom is 0.406 e. The topological polar surface area (TPSA) is 57.6 Å². The summed E-state index contributed by atoms with van der Waals surface area (Å²) in [6.45, 7) is -0.0916. The number of nitrogens with zero attached hydrogens (tertiary/aromatic N) is 1. The van der Waals surface area contributed by atoms with Crippen LogP contribution >= 0.6 is 0 Å². The zero-order valence-electron chi connectivity index (χ0n) is 10.7. The summed E-state index contributed by atoms with van der Waals surface area (Å²) < 4.78 is 37.2. The Morgan fingerprint density at radius 3 is 2.11 bits per heavy atom. The summed E-state index contributed by atoms with van der Waals surface area (Å²) in [4.78, 5) is 22.7. The van der Waals surface area contributed by atoms with Crippen LogP contribution in [0.5, 0.6) is 0 Å². The minimum atomic E-state index is -4.40. The van der Waals surface area contributed by atoms with Crippen LogP contribution in [-0.4, -0.2) is 40.6 Å². The van der Waals surface area contributed by atoms with Crippen LogP contribution < -0.4 is 0 Å². The third kappa shape index (κ3) is 5.48. The number of halogens is 3. The molecule has 1 amide bonds. The van der Waals surface area contributed by atoms with Crippen molar-refractivity contribution < 1.29 is 27.9 Å². The Kier molecular flexibility index (Phi) is 5.20. The van der Waals surface area contributed by atoms with Crippen molar-refractivity contribution in [2.24, 2.45) is 5.92 Å². The maximum atomic E-state index is 12.4. The van der Waals surface area contributed by atoms with Crippen LogP contribution in [0.2, 0.25) is 0 Å². The molecule has 0 aromatic rings. The first-order valence-corrected chi connectivity index (χ1v) is 6.25. The highest BCUT2D eigenvalue weighted by atomic mass is 19.4. The van der Waals surface area contributed by atoms with Gasteiger partial charge in [-0.15, -0.1) is 0 Å². The van der Waals surface area contributed by atoms with Crippen molar-refractivity contribution in [2.75, 3.05) is 6.54 Å². The van der Waals surface area contributed by atoms with E-state index in [1.807, 2.05) is 0 Å². The lowest BCUT2D eigenvalue weighted by Crippen LogP contribution is -2.46. The van der Waals surface area contributed by atoms with E-state index in [4.69, 9.17) is 5.11 Å². The van der Waals surface area contributed by atoms with Gasteiger partial charge in [-0.2, -0.15) is 13.2 Å². The van der Waals surface area contributed by atoms with Crippen LogP contribution in [0, 0.1) is 5.92 Å². The van der Waals surface area contributed by atoms with Crippen molar-refractivity contribution in [1.82, 2.24) is 4.90 Å². The molecule has 1 rings (SSSR count). The van der Waals surface area contributed by atoms with Gasteiger partial charge >= 0.3 is 12.1 Å². The van der Waals surface area contributed by atoms with E-state index in [1.165, 1.54) is 0 Å². The van der Waals surface area contributed by atoms with Gasteiger partial charge in [-0.3, -0.25) is 9.59 Å². The highest BCUT2D eigenvalue weighted by Gasteiger charge is 2.36. The molecule has 1 N–H and O–H groups in total. The number of carboxylic acids is 1. The number of carbonyl (C=O) groups is 2. The molecule has 4 nitrogen and oxygen atoms in total. The van der Waals surface area contributed by atoms with Gasteiger partial charge < -0.3 is 10.0 Å². The first kappa shape index (κ1) is 15.8. The van der Waals surface area contributed by atoms with E-state index in [0.29, 0.717) is 25.7 Å². The molecule has 1 fully saturated rings. The minimum absolute atomic E-state index is 0.00782. The summed E-state index contributed by atoms with van der Waals surface area (Å²) in [5.41, 5.74) is 0. The van der Waals surface area contributed by atoms with E-state index in [0.717, 1.165) is 11.8 Å². The fourth-order valence-corrected chi connectivity index (χ4v) is 2.60. The Bertz CT molecular complexity index is 336. The zero-order chi connectivity index (χ0) is 14.6. The molecule has 7 heteroatoms. The van der Waals surface area contributed by atoms with Gasteiger partial charge in [0.25, 0.3) is 0 Å². The minimum Gasteiger partial charge on any atom is -0.481 e. The van der Waals surface area contributed by atoms with Crippen LogP contribution in [0.15, 0.2) is 0 Å². The smallest absolute Gasteiger partial charge is 0.406 e. The molecule has 0 spiro atoms. The monoisotopic (exact) mass is 281 g/mol. The van der Waals surface area contributed by atoms with Gasteiger partial charge in [-0.25, -0.2) is 0 Å². The Balaban J connectivity index is 2.55. The van der Waals surface area contributed by atoms with Crippen molar-refractivity contribution in [3.05, 3.63) is 0 Å². The number of carboxylic acid groups (broad SMARTS) is 1. The zero-order valence-corrected chi connectivity index (χ0v) is 10.7. The van der Waals surface area contributed by atoms with Crippen LogP contribution in [0.4, 0.5) is 13.2 Å². The summed E-state index contributed by atoms with van der Waals surface area (Å²) in [6.07, 6.45) is -2.37. The molecule has 0 atom stereocenters. The first-order chi connectivity index (χ1) is 8.69. The molecule has 1 aliphatic rings. The standard InChI is InChI=1S/C12H18F3NO3/c1-8(17)16(7-12(13,14)15)10-4-2-9(3-5-10)6-11(18)19/h9-10H,2-7H2,1H3,(H,18,19)/t9-,10-. The SMILES string of the molecule is CC(=O)N(CC(F)(F)F)[C@H]1CC[C@H](CC(=O)O)CC1. The third-order valence-corrected chi connectivity index (χ3v) is 3.47. The van der Waals surface area contributed by atoms with Crippen LogP contribution in [0.25, 0.3) is 0 Å². The highest BCUT2D eigenvalue weighted by Crippen LogP contribution is 2.31. The van der Waals surface area contributed by atoms with E-state index in [1.54, 1.807) is 0 Å². The van der Waals surface area contributed by atoms with Crippen molar-refractivity contribution in [3.63, 3.8) is 0 Å². The second kappa shape index (κ2) is 6.25. The van der Waals surface area contributed by atoms with Crippen molar-refractivity contribution >= 4 is 11.9 Å². The molecule has 1 saturated carbocycles. The molecule has 0 aromatic carbocycles. The van der Waals surface area contributed by atoms with Gasteiger partial charge in [0.1, 0.15) is 6.54 Å². The molecule has 0 heterocycles. The molecule has 1 aliphatic carbocycles. The fraction of sp³-hybridized carbons (Fsp3) is 0.833. The Morgan fingerprint density at radius 1 is 1.21 bits per heavy atom. The van der Waals surface area contributed by atoms with Crippen LogP contribution in [0.1, 0.15) is 39.0 Å². The molecule has 0 unspecified atom stereocenters. The van der Waals surface area contributed by atoms with E-state index < -0.39 is 30.6 Å². The summed E-state index contributed by atoms with van der Waals surface area (Å²) in [5.74, 6) is -1.46. The van der Waals surface area contributed by atoms with Crippen molar-refractivity contribution in [3.8, 4) is 0 Å². The molecule has 0 bridgehead atoms. The number of hydrogen-bond donors (Lipinski definition) is 1. The molecule has 0 aliphatic heterocycles. The van der Waals surface area contributed by atoms with E-state index in [9.17, 15) is 22.8 Å². The third-order valence-electron chi connectivity index (χ3n) is 3.47. The molecule has 110 valence electrons. The van der Waals surface area contributed by atoms with Crippen molar-refractivity contribution in [1.29, 1.82) is 0 Å². The molecule has 0 saturated heterocycles. The lowest BCUT2D eigenvalue weighted by atomic mass is 9.83. The molecule has 19 heavy (non-hydrogen) atoms. The van der Waals surface area contributed by atoms with Crippen molar-refractivity contribution in [2.45, 2.75) is 51.2 Å². The maximum absolute atomic E-state index is 12.4.